The van der Waals surface area contributed by atoms with E-state index in [1.807, 2.05) is 6.92 Å². The molecular formula is C9H14BrNO4S3. The number of halogens is 1. The highest BCUT2D eigenvalue weighted by molar-refractivity contribution is 9.11. The standard InChI is InChI=1S/C9H14BrNO4S3/c1-7-6-8(16-9(7)10)18(14,15)11-4-3-5-17(2,12)13/h6,11H,3-5H2,1-2H3. The summed E-state index contributed by atoms with van der Waals surface area (Å²) < 4.78 is 48.9. The van der Waals surface area contributed by atoms with Gasteiger partial charge in [0.05, 0.1) is 9.54 Å². The van der Waals surface area contributed by atoms with E-state index in [0.29, 0.717) is 0 Å². The third kappa shape index (κ3) is 4.96. The molecule has 1 aromatic rings. The molecule has 0 bridgehead atoms. The van der Waals surface area contributed by atoms with Crippen LogP contribution in [0.1, 0.15) is 12.0 Å². The van der Waals surface area contributed by atoms with Crippen LogP contribution in [0.25, 0.3) is 0 Å². The SMILES string of the molecule is Cc1cc(S(=O)(=O)NCCCS(C)(=O)=O)sc1Br. The van der Waals surface area contributed by atoms with Gasteiger partial charge >= 0.3 is 0 Å². The van der Waals surface area contributed by atoms with Crippen molar-refractivity contribution in [2.45, 2.75) is 17.6 Å². The smallest absolute Gasteiger partial charge is 0.229 e. The molecule has 0 aromatic carbocycles. The zero-order valence-electron chi connectivity index (χ0n) is 9.93. The fourth-order valence-corrected chi connectivity index (χ4v) is 5.19. The van der Waals surface area contributed by atoms with Crippen LogP contribution < -0.4 is 4.72 Å². The summed E-state index contributed by atoms with van der Waals surface area (Å²) in [7, 11) is -6.58. The summed E-state index contributed by atoms with van der Waals surface area (Å²) in [4.78, 5) is 0. The molecular weight excluding hydrogens is 362 g/mol. The summed E-state index contributed by atoms with van der Waals surface area (Å²) in [6.07, 6.45) is 1.39. The van der Waals surface area contributed by atoms with Gasteiger partial charge in [0, 0.05) is 12.8 Å². The average Bonchev–Trinajstić information content (AvgIpc) is 2.54. The quantitative estimate of drug-likeness (QED) is 0.764. The monoisotopic (exact) mass is 375 g/mol. The molecule has 0 fully saturated rings. The number of nitrogens with one attached hydrogen (secondary N) is 1. The number of rotatable bonds is 6. The van der Waals surface area contributed by atoms with Crippen molar-refractivity contribution in [3.63, 3.8) is 0 Å². The lowest BCUT2D eigenvalue weighted by molar-refractivity contribution is 0.579. The molecule has 1 rings (SSSR count). The predicted molar refractivity (Wildman–Crippen MR) is 76.3 cm³/mol. The molecule has 0 unspecified atom stereocenters. The van der Waals surface area contributed by atoms with Gasteiger partial charge in [-0.1, -0.05) is 0 Å². The minimum absolute atomic E-state index is 0.0251. The van der Waals surface area contributed by atoms with Gasteiger partial charge in [0.15, 0.2) is 0 Å². The molecule has 1 N–H and O–H groups in total. The first kappa shape index (κ1) is 16.1. The Bertz CT molecular complexity index is 599. The Hall–Kier alpha value is 0.0400. The van der Waals surface area contributed by atoms with Crippen molar-refractivity contribution in [3.8, 4) is 0 Å². The van der Waals surface area contributed by atoms with Gasteiger partial charge in [-0.25, -0.2) is 21.6 Å². The Balaban J connectivity index is 2.61. The largest absolute Gasteiger partial charge is 0.250 e. The van der Waals surface area contributed by atoms with E-state index in [2.05, 4.69) is 20.7 Å². The molecule has 104 valence electrons. The van der Waals surface area contributed by atoms with Crippen molar-refractivity contribution in [2.75, 3.05) is 18.6 Å². The normalized spacial score (nSPS) is 12.8. The van der Waals surface area contributed by atoms with E-state index in [4.69, 9.17) is 0 Å². The molecule has 0 saturated carbocycles. The van der Waals surface area contributed by atoms with Crippen molar-refractivity contribution in [1.82, 2.24) is 4.72 Å². The number of thiophene rings is 1. The highest BCUT2D eigenvalue weighted by Gasteiger charge is 2.17. The minimum Gasteiger partial charge on any atom is -0.229 e. The molecule has 0 aliphatic carbocycles. The average molecular weight is 376 g/mol. The van der Waals surface area contributed by atoms with Gasteiger partial charge in [0.1, 0.15) is 14.0 Å². The van der Waals surface area contributed by atoms with E-state index in [0.717, 1.165) is 26.9 Å². The Morgan fingerprint density at radius 1 is 1.33 bits per heavy atom. The van der Waals surface area contributed by atoms with Gasteiger partial charge in [-0.15, -0.1) is 11.3 Å². The first-order chi connectivity index (χ1) is 8.12. The third-order valence-corrected chi connectivity index (χ3v) is 7.18. The topological polar surface area (TPSA) is 80.3 Å². The second-order valence-electron chi connectivity index (χ2n) is 3.90. The second kappa shape index (κ2) is 6.00. The Labute approximate surface area is 120 Å². The molecule has 1 aromatic heterocycles. The Morgan fingerprint density at radius 2 is 1.94 bits per heavy atom. The third-order valence-electron chi connectivity index (χ3n) is 2.08. The minimum atomic E-state index is -3.54. The molecule has 1 heterocycles. The van der Waals surface area contributed by atoms with Gasteiger partial charge in [-0.05, 0) is 40.9 Å². The second-order valence-corrected chi connectivity index (χ2v) is 10.5. The van der Waals surface area contributed by atoms with Gasteiger partial charge in [-0.3, -0.25) is 0 Å². The summed E-state index contributed by atoms with van der Waals surface area (Å²) in [5.41, 5.74) is 0.858. The van der Waals surface area contributed by atoms with Gasteiger partial charge in [0.25, 0.3) is 0 Å². The van der Waals surface area contributed by atoms with Crippen molar-refractivity contribution in [3.05, 3.63) is 15.4 Å². The molecule has 0 aliphatic heterocycles. The Morgan fingerprint density at radius 3 is 2.39 bits per heavy atom. The van der Waals surface area contributed by atoms with Crippen LogP contribution in [-0.4, -0.2) is 35.4 Å². The van der Waals surface area contributed by atoms with E-state index >= 15 is 0 Å². The maximum absolute atomic E-state index is 11.9. The number of sulfone groups is 1. The van der Waals surface area contributed by atoms with Gasteiger partial charge in [0.2, 0.25) is 10.0 Å². The van der Waals surface area contributed by atoms with Crippen LogP contribution in [0.4, 0.5) is 0 Å². The van der Waals surface area contributed by atoms with Crippen molar-refractivity contribution in [2.24, 2.45) is 0 Å². The highest BCUT2D eigenvalue weighted by Crippen LogP contribution is 2.30. The lowest BCUT2D eigenvalue weighted by Gasteiger charge is -2.03. The van der Waals surface area contributed by atoms with E-state index in [1.54, 1.807) is 6.07 Å². The first-order valence-corrected chi connectivity index (χ1v) is 10.2. The van der Waals surface area contributed by atoms with Crippen molar-refractivity contribution in [1.29, 1.82) is 0 Å². The van der Waals surface area contributed by atoms with Crippen LogP contribution in [0.3, 0.4) is 0 Å². The molecule has 0 radical (unpaired) electrons. The molecule has 9 heteroatoms. The van der Waals surface area contributed by atoms with E-state index < -0.39 is 19.9 Å². The van der Waals surface area contributed by atoms with Crippen molar-refractivity contribution >= 4 is 47.1 Å². The Kier molecular flexibility index (Phi) is 5.36. The number of aryl methyl sites for hydroxylation is 1. The zero-order valence-corrected chi connectivity index (χ0v) is 14.0. The summed E-state index contributed by atoms with van der Waals surface area (Å²) in [5.74, 6) is -0.0251. The molecule has 0 amide bonds. The van der Waals surface area contributed by atoms with E-state index in [9.17, 15) is 16.8 Å². The number of hydrogen-bond acceptors (Lipinski definition) is 5. The van der Waals surface area contributed by atoms with Gasteiger partial charge in [-0.2, -0.15) is 0 Å². The highest BCUT2D eigenvalue weighted by atomic mass is 79.9. The number of sulfonamides is 1. The lowest BCUT2D eigenvalue weighted by Crippen LogP contribution is -2.25. The first-order valence-electron chi connectivity index (χ1n) is 5.05. The van der Waals surface area contributed by atoms with Crippen LogP contribution in [-0.2, 0) is 19.9 Å². The predicted octanol–water partition coefficient (Wildman–Crippen LogP) is 1.53. The molecule has 0 atom stereocenters. The van der Waals surface area contributed by atoms with Crippen LogP contribution in [0.5, 0.6) is 0 Å². The van der Waals surface area contributed by atoms with Crippen molar-refractivity contribution < 1.29 is 16.8 Å². The summed E-state index contributed by atoms with van der Waals surface area (Å²) in [6.45, 7) is 1.92. The lowest BCUT2D eigenvalue weighted by atomic mass is 10.4. The molecule has 0 aliphatic rings. The van der Waals surface area contributed by atoms with Crippen LogP contribution in [0.2, 0.25) is 0 Å². The number of hydrogen-bond donors (Lipinski definition) is 1. The van der Waals surface area contributed by atoms with Gasteiger partial charge < -0.3 is 0 Å². The molecule has 0 saturated heterocycles. The van der Waals surface area contributed by atoms with Crippen LogP contribution in [0, 0.1) is 6.92 Å². The fourth-order valence-electron chi connectivity index (χ4n) is 1.18. The maximum Gasteiger partial charge on any atom is 0.250 e. The summed E-state index contributed by atoms with van der Waals surface area (Å²) in [6, 6.07) is 1.58. The summed E-state index contributed by atoms with van der Waals surface area (Å²) >= 11 is 4.40. The van der Waals surface area contributed by atoms with Crippen LogP contribution >= 0.6 is 27.3 Å². The molecule has 18 heavy (non-hydrogen) atoms. The van der Waals surface area contributed by atoms with Crippen LogP contribution in [0.15, 0.2) is 14.1 Å². The zero-order chi connectivity index (χ0) is 14.0. The molecule has 5 nitrogen and oxygen atoms in total. The molecule has 0 spiro atoms. The fraction of sp³-hybridized carbons (Fsp3) is 0.556. The van der Waals surface area contributed by atoms with E-state index in [-0.39, 0.29) is 22.9 Å². The summed E-state index contributed by atoms with van der Waals surface area (Å²) in [5, 5.41) is 0. The van der Waals surface area contributed by atoms with E-state index in [1.165, 1.54) is 0 Å². The maximum atomic E-state index is 11.9.